The maximum atomic E-state index is 12.4. The minimum absolute atomic E-state index is 0.0140. The van der Waals surface area contributed by atoms with E-state index in [9.17, 15) is 4.79 Å². The highest BCUT2D eigenvalue weighted by Gasteiger charge is 2.39. The van der Waals surface area contributed by atoms with Crippen molar-refractivity contribution in [3.63, 3.8) is 0 Å². The molecular weight excluding hydrogens is 324 g/mol. The van der Waals surface area contributed by atoms with Crippen molar-refractivity contribution < 1.29 is 14.3 Å². The lowest BCUT2D eigenvalue weighted by atomic mass is 9.95. The van der Waals surface area contributed by atoms with Crippen LogP contribution in [0.3, 0.4) is 0 Å². The molecule has 3 unspecified atom stereocenters. The van der Waals surface area contributed by atoms with Gasteiger partial charge in [0.15, 0.2) is 5.06 Å². The van der Waals surface area contributed by atoms with Crippen LogP contribution in [0.1, 0.15) is 28.9 Å². The van der Waals surface area contributed by atoms with Crippen molar-refractivity contribution >= 4 is 17.2 Å². The summed E-state index contributed by atoms with van der Waals surface area (Å²) in [5.41, 5.74) is 0. The first kappa shape index (κ1) is 15.5. The zero-order valence-corrected chi connectivity index (χ0v) is 14.3. The maximum absolute atomic E-state index is 12.4. The van der Waals surface area contributed by atoms with Crippen LogP contribution in [-0.2, 0) is 0 Å². The molecule has 5 nitrogen and oxygen atoms in total. The molecule has 1 amide bonds. The maximum Gasteiger partial charge on any atom is 0.261 e. The molecule has 2 aliphatic rings. The third kappa shape index (κ3) is 3.12. The van der Waals surface area contributed by atoms with Gasteiger partial charge in [0.1, 0.15) is 11.5 Å². The predicted octanol–water partition coefficient (Wildman–Crippen LogP) is 3.17. The Balaban J connectivity index is 1.39. The highest BCUT2D eigenvalue weighted by molar-refractivity contribution is 7.15. The number of carbonyl (C=O) groups is 1. The lowest BCUT2D eigenvalue weighted by Crippen LogP contribution is -2.42. The van der Waals surface area contributed by atoms with Gasteiger partial charge in [-0.25, -0.2) is 0 Å². The second-order valence-corrected chi connectivity index (χ2v) is 7.31. The van der Waals surface area contributed by atoms with E-state index >= 15 is 0 Å². The molecule has 2 N–H and O–H groups in total. The van der Waals surface area contributed by atoms with Gasteiger partial charge in [-0.15, -0.1) is 0 Å². The molecule has 3 heterocycles. The Morgan fingerprint density at radius 3 is 2.88 bits per heavy atom. The van der Waals surface area contributed by atoms with Gasteiger partial charge in [-0.3, -0.25) is 4.79 Å². The van der Waals surface area contributed by atoms with Crippen LogP contribution < -0.4 is 20.1 Å². The molecule has 2 bridgehead atoms. The van der Waals surface area contributed by atoms with E-state index in [-0.39, 0.29) is 11.9 Å². The van der Waals surface area contributed by atoms with Gasteiger partial charge in [0, 0.05) is 24.2 Å². The van der Waals surface area contributed by atoms with Crippen molar-refractivity contribution in [2.45, 2.75) is 37.4 Å². The number of nitrogens with one attached hydrogen (secondary N) is 2. The topological polar surface area (TPSA) is 59.6 Å². The SMILES string of the molecule is COc1cccc(Oc2ccc(C(=O)NC3CC4CCC3N4)s2)c1. The fraction of sp³-hybridized carbons (Fsp3) is 0.389. The Kier molecular flexibility index (Phi) is 4.16. The Morgan fingerprint density at radius 2 is 2.12 bits per heavy atom. The first-order valence-electron chi connectivity index (χ1n) is 8.20. The number of ether oxygens (including phenoxy) is 2. The van der Waals surface area contributed by atoms with Gasteiger partial charge in [0.05, 0.1) is 12.0 Å². The normalized spacial score (nSPS) is 24.8. The number of methoxy groups -OCH3 is 1. The minimum atomic E-state index is -0.0140. The predicted molar refractivity (Wildman–Crippen MR) is 93.2 cm³/mol. The number of thiophene rings is 1. The summed E-state index contributed by atoms with van der Waals surface area (Å²) in [6.07, 6.45) is 3.42. The average molecular weight is 344 g/mol. The van der Waals surface area contributed by atoms with E-state index in [4.69, 9.17) is 9.47 Å². The molecular formula is C18H20N2O3S. The molecule has 2 aliphatic heterocycles. The lowest BCUT2D eigenvalue weighted by molar-refractivity contribution is 0.0935. The number of fused-ring (bicyclic) bond motifs is 2. The van der Waals surface area contributed by atoms with E-state index in [1.807, 2.05) is 36.4 Å². The van der Waals surface area contributed by atoms with E-state index in [1.54, 1.807) is 7.11 Å². The van der Waals surface area contributed by atoms with E-state index in [2.05, 4.69) is 10.6 Å². The smallest absolute Gasteiger partial charge is 0.261 e. The number of carbonyl (C=O) groups excluding carboxylic acids is 1. The van der Waals surface area contributed by atoms with Gasteiger partial charge in [0.2, 0.25) is 0 Å². The second-order valence-electron chi connectivity index (χ2n) is 6.26. The number of amides is 1. The van der Waals surface area contributed by atoms with E-state index in [0.29, 0.717) is 27.8 Å². The quantitative estimate of drug-likeness (QED) is 0.875. The Morgan fingerprint density at radius 1 is 1.25 bits per heavy atom. The van der Waals surface area contributed by atoms with Crippen LogP contribution in [0.4, 0.5) is 0 Å². The summed E-state index contributed by atoms with van der Waals surface area (Å²) in [7, 11) is 1.62. The van der Waals surface area contributed by atoms with E-state index in [1.165, 1.54) is 17.8 Å². The van der Waals surface area contributed by atoms with Gasteiger partial charge in [-0.1, -0.05) is 17.4 Å². The monoisotopic (exact) mass is 344 g/mol. The van der Waals surface area contributed by atoms with Crippen molar-refractivity contribution in [1.29, 1.82) is 0 Å². The molecule has 4 rings (SSSR count). The van der Waals surface area contributed by atoms with Crippen molar-refractivity contribution in [1.82, 2.24) is 10.6 Å². The summed E-state index contributed by atoms with van der Waals surface area (Å²) in [5.74, 6) is 1.42. The van der Waals surface area contributed by atoms with Gasteiger partial charge < -0.3 is 20.1 Å². The van der Waals surface area contributed by atoms with Crippen LogP contribution in [0.25, 0.3) is 0 Å². The molecule has 0 radical (unpaired) electrons. The zero-order valence-electron chi connectivity index (χ0n) is 13.5. The summed E-state index contributed by atoms with van der Waals surface area (Å²) >= 11 is 1.36. The Labute approximate surface area is 145 Å². The summed E-state index contributed by atoms with van der Waals surface area (Å²) < 4.78 is 11.0. The highest BCUT2D eigenvalue weighted by atomic mass is 32.1. The molecule has 2 saturated heterocycles. The van der Waals surface area contributed by atoms with E-state index < -0.39 is 0 Å². The number of hydrogen-bond acceptors (Lipinski definition) is 5. The largest absolute Gasteiger partial charge is 0.497 e. The molecule has 1 aromatic heterocycles. The standard InChI is InChI=1S/C18H20N2O3S/c1-22-12-3-2-4-13(10-12)23-17-8-7-16(24-17)18(21)20-15-9-11-5-6-14(15)19-11/h2-4,7-8,10-11,14-15,19H,5-6,9H2,1H3,(H,20,21). The van der Waals surface area contributed by atoms with Crippen LogP contribution >= 0.6 is 11.3 Å². The third-order valence-corrected chi connectivity index (χ3v) is 5.64. The molecule has 126 valence electrons. The molecule has 0 aliphatic carbocycles. The van der Waals surface area contributed by atoms with Crippen molar-refractivity contribution in [3.8, 4) is 16.6 Å². The molecule has 0 spiro atoms. The molecule has 1 aromatic carbocycles. The van der Waals surface area contributed by atoms with Crippen LogP contribution in [0.15, 0.2) is 36.4 Å². The summed E-state index contributed by atoms with van der Waals surface area (Å²) in [5, 5.41) is 7.38. The molecule has 6 heteroatoms. The lowest BCUT2D eigenvalue weighted by Gasteiger charge is -2.20. The molecule has 2 aromatic rings. The molecule has 3 atom stereocenters. The third-order valence-electron chi connectivity index (χ3n) is 4.68. The molecule has 0 saturated carbocycles. The van der Waals surface area contributed by atoms with E-state index in [0.717, 1.165) is 18.6 Å². The average Bonchev–Trinajstić information content (AvgIpc) is 3.31. The Bertz CT molecular complexity index is 745. The fourth-order valence-electron chi connectivity index (χ4n) is 3.50. The van der Waals surface area contributed by atoms with Crippen LogP contribution in [0, 0.1) is 0 Å². The highest BCUT2D eigenvalue weighted by Crippen LogP contribution is 2.32. The van der Waals surface area contributed by atoms with Gasteiger partial charge >= 0.3 is 0 Å². The summed E-state index contributed by atoms with van der Waals surface area (Å²) in [4.78, 5) is 13.1. The number of hydrogen-bond donors (Lipinski definition) is 2. The number of rotatable bonds is 5. The number of benzene rings is 1. The van der Waals surface area contributed by atoms with Crippen molar-refractivity contribution in [2.75, 3.05) is 7.11 Å². The van der Waals surface area contributed by atoms with Crippen molar-refractivity contribution in [2.24, 2.45) is 0 Å². The second kappa shape index (κ2) is 6.45. The van der Waals surface area contributed by atoms with Gasteiger partial charge in [-0.2, -0.15) is 0 Å². The van der Waals surface area contributed by atoms with Crippen LogP contribution in [0.5, 0.6) is 16.6 Å². The zero-order chi connectivity index (χ0) is 16.5. The molecule has 24 heavy (non-hydrogen) atoms. The minimum Gasteiger partial charge on any atom is -0.497 e. The molecule has 2 fully saturated rings. The van der Waals surface area contributed by atoms with Crippen LogP contribution in [-0.4, -0.2) is 31.1 Å². The first-order valence-corrected chi connectivity index (χ1v) is 9.01. The van der Waals surface area contributed by atoms with Gasteiger partial charge in [-0.05, 0) is 43.5 Å². The summed E-state index contributed by atoms with van der Waals surface area (Å²) in [6, 6.07) is 12.3. The fourth-order valence-corrected chi connectivity index (χ4v) is 4.28. The van der Waals surface area contributed by atoms with Gasteiger partial charge in [0.25, 0.3) is 5.91 Å². The van der Waals surface area contributed by atoms with Crippen LogP contribution in [0.2, 0.25) is 0 Å². The summed E-state index contributed by atoms with van der Waals surface area (Å²) in [6.45, 7) is 0. The first-order chi connectivity index (χ1) is 11.7. The van der Waals surface area contributed by atoms with Crippen molar-refractivity contribution in [3.05, 3.63) is 41.3 Å². The Hall–Kier alpha value is -2.05.